The normalized spacial score (nSPS) is 11.1. The van der Waals surface area contributed by atoms with Crippen molar-refractivity contribution in [2.75, 3.05) is 0 Å². The molecule has 5 nitrogen and oxygen atoms in total. The molecule has 2 heterocycles. The van der Waals surface area contributed by atoms with Crippen LogP contribution in [0.2, 0.25) is 0 Å². The Kier molecular flexibility index (Phi) is 2.81. The number of rotatable bonds is 2. The first-order chi connectivity index (χ1) is 11.1. The fourth-order valence-corrected chi connectivity index (χ4v) is 2.56. The number of para-hydroxylation sites is 1. The highest BCUT2D eigenvalue weighted by molar-refractivity contribution is 6.16. The number of phenols is 1. The topological polar surface area (TPSA) is 80.7 Å². The molecule has 0 amide bonds. The summed E-state index contributed by atoms with van der Waals surface area (Å²) in [5, 5.41) is 10.7. The number of hydrogen-bond donors (Lipinski definition) is 1. The van der Waals surface area contributed by atoms with E-state index in [1.54, 1.807) is 30.3 Å². The molecule has 0 bridgehead atoms. The zero-order valence-corrected chi connectivity index (χ0v) is 11.8. The highest BCUT2D eigenvalue weighted by Crippen LogP contribution is 2.27. The third-order valence-corrected chi connectivity index (χ3v) is 3.69. The molecule has 0 aliphatic heterocycles. The van der Waals surface area contributed by atoms with Crippen LogP contribution in [-0.4, -0.2) is 10.9 Å². The maximum absolute atomic E-state index is 12.7. The smallest absolute Gasteiger partial charge is 0.347 e. The largest absolute Gasteiger partial charge is 0.508 e. The molecule has 0 unspecified atom stereocenters. The van der Waals surface area contributed by atoms with Crippen LogP contribution in [0.5, 0.6) is 5.75 Å². The number of phenolic OH excluding ortho intramolecular Hbond substituents is 1. The minimum absolute atomic E-state index is 0.0125. The van der Waals surface area contributed by atoms with Crippen molar-refractivity contribution in [2.24, 2.45) is 0 Å². The van der Waals surface area contributed by atoms with Crippen molar-refractivity contribution in [3.63, 3.8) is 0 Å². The van der Waals surface area contributed by atoms with Crippen LogP contribution < -0.4 is 5.63 Å². The molecule has 0 fully saturated rings. The van der Waals surface area contributed by atoms with E-state index in [4.69, 9.17) is 8.83 Å². The number of carbonyl (C=O) groups excluding carboxylic acids is 1. The summed E-state index contributed by atoms with van der Waals surface area (Å²) in [7, 11) is 0. The lowest BCUT2D eigenvalue weighted by Crippen LogP contribution is -2.14. The number of aromatic hydroxyl groups is 1. The molecular formula is C18H10O5. The Morgan fingerprint density at radius 2 is 1.78 bits per heavy atom. The van der Waals surface area contributed by atoms with Crippen LogP contribution in [0.3, 0.4) is 0 Å². The molecule has 0 atom stereocenters. The van der Waals surface area contributed by atoms with Gasteiger partial charge in [0.05, 0.1) is 5.56 Å². The third-order valence-electron chi connectivity index (χ3n) is 3.69. The monoisotopic (exact) mass is 306 g/mol. The zero-order valence-electron chi connectivity index (χ0n) is 11.8. The van der Waals surface area contributed by atoms with Gasteiger partial charge in [0, 0.05) is 10.8 Å². The molecule has 0 radical (unpaired) electrons. The van der Waals surface area contributed by atoms with Crippen molar-refractivity contribution >= 4 is 27.7 Å². The predicted molar refractivity (Wildman–Crippen MR) is 83.8 cm³/mol. The van der Waals surface area contributed by atoms with Crippen molar-refractivity contribution in [3.8, 4) is 5.75 Å². The SMILES string of the molecule is O=C(c1cc2ccccc2oc1=O)c1coc2ccc(O)cc12. The molecule has 23 heavy (non-hydrogen) atoms. The van der Waals surface area contributed by atoms with Crippen molar-refractivity contribution in [1.29, 1.82) is 0 Å². The molecule has 0 aliphatic carbocycles. The Balaban J connectivity index is 1.92. The van der Waals surface area contributed by atoms with Crippen LogP contribution in [0.25, 0.3) is 21.9 Å². The zero-order chi connectivity index (χ0) is 16.0. The molecular weight excluding hydrogens is 296 g/mol. The number of fused-ring (bicyclic) bond motifs is 2. The van der Waals surface area contributed by atoms with Gasteiger partial charge in [-0.15, -0.1) is 0 Å². The lowest BCUT2D eigenvalue weighted by molar-refractivity contribution is 0.103. The van der Waals surface area contributed by atoms with Gasteiger partial charge in [0.2, 0.25) is 5.78 Å². The Hall–Kier alpha value is -3.34. The van der Waals surface area contributed by atoms with Crippen molar-refractivity contribution in [2.45, 2.75) is 0 Å². The van der Waals surface area contributed by atoms with Gasteiger partial charge in [-0.1, -0.05) is 18.2 Å². The fourth-order valence-electron chi connectivity index (χ4n) is 2.56. The Labute approximate surface area is 129 Å². The molecule has 1 N–H and O–H groups in total. The molecule has 4 rings (SSSR count). The first-order valence-corrected chi connectivity index (χ1v) is 6.91. The molecule has 0 spiro atoms. The highest BCUT2D eigenvalue weighted by atomic mass is 16.4. The van der Waals surface area contributed by atoms with E-state index in [1.807, 2.05) is 0 Å². The van der Waals surface area contributed by atoms with E-state index in [0.717, 1.165) is 0 Å². The van der Waals surface area contributed by atoms with E-state index in [1.165, 1.54) is 24.5 Å². The summed E-state index contributed by atoms with van der Waals surface area (Å²) in [6.07, 6.45) is 1.28. The van der Waals surface area contributed by atoms with E-state index < -0.39 is 11.4 Å². The van der Waals surface area contributed by atoms with E-state index in [9.17, 15) is 14.7 Å². The van der Waals surface area contributed by atoms with Gasteiger partial charge in [-0.2, -0.15) is 0 Å². The highest BCUT2D eigenvalue weighted by Gasteiger charge is 2.20. The van der Waals surface area contributed by atoms with Crippen LogP contribution in [0.4, 0.5) is 0 Å². The van der Waals surface area contributed by atoms with Gasteiger partial charge in [-0.05, 0) is 30.3 Å². The molecule has 2 aromatic heterocycles. The first-order valence-electron chi connectivity index (χ1n) is 6.91. The minimum atomic E-state index is -0.705. The van der Waals surface area contributed by atoms with Crippen LogP contribution >= 0.6 is 0 Å². The number of hydrogen-bond acceptors (Lipinski definition) is 5. The molecule has 0 aliphatic rings. The molecule has 5 heteroatoms. The first kappa shape index (κ1) is 13.3. The van der Waals surface area contributed by atoms with Gasteiger partial charge in [-0.25, -0.2) is 4.79 Å². The second kappa shape index (κ2) is 4.84. The predicted octanol–water partition coefficient (Wildman–Crippen LogP) is 3.48. The number of carbonyl (C=O) groups is 1. The van der Waals surface area contributed by atoms with E-state index in [2.05, 4.69) is 0 Å². The standard InChI is InChI=1S/C18H10O5/c19-11-5-6-16-12(8-11)14(9-22-16)17(20)13-7-10-3-1-2-4-15(10)23-18(13)21/h1-9,19H. The maximum atomic E-state index is 12.7. The summed E-state index contributed by atoms with van der Waals surface area (Å²) in [4.78, 5) is 24.8. The second-order valence-corrected chi connectivity index (χ2v) is 5.14. The molecule has 4 aromatic rings. The van der Waals surface area contributed by atoms with E-state index in [-0.39, 0.29) is 16.9 Å². The summed E-state index contributed by atoms with van der Waals surface area (Å²) < 4.78 is 10.5. The van der Waals surface area contributed by atoms with Crippen LogP contribution in [-0.2, 0) is 0 Å². The summed E-state index contributed by atoms with van der Waals surface area (Å²) in [5.41, 5.74) is 0.302. The van der Waals surface area contributed by atoms with Crippen molar-refractivity contribution in [3.05, 3.63) is 76.3 Å². The Morgan fingerprint density at radius 1 is 0.957 bits per heavy atom. The van der Waals surface area contributed by atoms with Gasteiger partial charge in [-0.3, -0.25) is 4.79 Å². The summed E-state index contributed by atoms with van der Waals surface area (Å²) in [6.45, 7) is 0. The quantitative estimate of drug-likeness (QED) is 0.453. The number of furan rings is 1. The lowest BCUT2D eigenvalue weighted by Gasteiger charge is -2.01. The van der Waals surface area contributed by atoms with Gasteiger partial charge in [0.15, 0.2) is 0 Å². The van der Waals surface area contributed by atoms with E-state index in [0.29, 0.717) is 21.9 Å². The van der Waals surface area contributed by atoms with Gasteiger partial charge < -0.3 is 13.9 Å². The molecule has 0 saturated heterocycles. The number of benzene rings is 2. The maximum Gasteiger partial charge on any atom is 0.347 e. The van der Waals surface area contributed by atoms with Crippen LogP contribution in [0.15, 0.2) is 68.4 Å². The van der Waals surface area contributed by atoms with Gasteiger partial charge in [0.1, 0.15) is 28.7 Å². The van der Waals surface area contributed by atoms with Crippen molar-refractivity contribution in [1.82, 2.24) is 0 Å². The second-order valence-electron chi connectivity index (χ2n) is 5.14. The molecule has 2 aromatic carbocycles. The molecule has 112 valence electrons. The molecule has 0 saturated carbocycles. The summed E-state index contributed by atoms with van der Waals surface area (Å²) >= 11 is 0. The average Bonchev–Trinajstić information content (AvgIpc) is 2.96. The lowest BCUT2D eigenvalue weighted by atomic mass is 10.0. The van der Waals surface area contributed by atoms with Gasteiger partial charge >= 0.3 is 5.63 Å². The van der Waals surface area contributed by atoms with Crippen LogP contribution in [0, 0.1) is 0 Å². The number of ketones is 1. The van der Waals surface area contributed by atoms with Crippen LogP contribution in [0.1, 0.15) is 15.9 Å². The third kappa shape index (κ3) is 2.10. The van der Waals surface area contributed by atoms with Gasteiger partial charge in [0.25, 0.3) is 0 Å². The fraction of sp³-hybridized carbons (Fsp3) is 0. The minimum Gasteiger partial charge on any atom is -0.508 e. The van der Waals surface area contributed by atoms with E-state index >= 15 is 0 Å². The Bertz CT molecular complexity index is 1120. The summed E-state index contributed by atoms with van der Waals surface area (Å²) in [5.74, 6) is -0.493. The summed E-state index contributed by atoms with van der Waals surface area (Å²) in [6, 6.07) is 12.9. The van der Waals surface area contributed by atoms with Crippen molar-refractivity contribution < 1.29 is 18.7 Å². The average molecular weight is 306 g/mol. The Morgan fingerprint density at radius 3 is 2.65 bits per heavy atom.